The number of amides is 2. The van der Waals surface area contributed by atoms with Gasteiger partial charge >= 0.3 is 0 Å². The molecule has 1 unspecified atom stereocenters. The molecule has 3 rings (SSSR count). The average Bonchev–Trinajstić information content (AvgIpc) is 3.21. The molecule has 0 radical (unpaired) electrons. The number of carbonyl (C=O) groups excluding carboxylic acids is 2. The Labute approximate surface area is 181 Å². The monoisotopic (exact) mass is 430 g/mol. The maximum atomic E-state index is 12.6. The number of rotatable bonds is 7. The van der Waals surface area contributed by atoms with E-state index < -0.39 is 11.9 Å². The molecule has 7 nitrogen and oxygen atoms in total. The fourth-order valence-electron chi connectivity index (χ4n) is 3.31. The SMILES string of the molecule is CC(C)C(NC(=O)c1cccc(Cl)c1)C(=O)N/N=C\c1ccc(N2CCCCC2)o1. The average molecular weight is 431 g/mol. The van der Waals surface area contributed by atoms with Crippen LogP contribution in [0.15, 0.2) is 45.9 Å². The second kappa shape index (κ2) is 10.3. The predicted molar refractivity (Wildman–Crippen MR) is 118 cm³/mol. The molecular formula is C22H27ClN4O3. The number of nitrogens with zero attached hydrogens (tertiary/aromatic N) is 2. The lowest BCUT2D eigenvalue weighted by Gasteiger charge is -2.25. The van der Waals surface area contributed by atoms with Crippen LogP contribution >= 0.6 is 11.6 Å². The predicted octanol–water partition coefficient (Wildman–Crippen LogP) is 3.83. The number of hydrogen-bond donors (Lipinski definition) is 2. The van der Waals surface area contributed by atoms with Gasteiger partial charge in [0.25, 0.3) is 11.8 Å². The Hall–Kier alpha value is -2.80. The van der Waals surface area contributed by atoms with Crippen LogP contribution in [0, 0.1) is 5.92 Å². The number of hydrogen-bond acceptors (Lipinski definition) is 5. The Bertz CT molecular complexity index is 903. The van der Waals surface area contributed by atoms with Crippen LogP contribution in [-0.4, -0.2) is 37.2 Å². The summed E-state index contributed by atoms with van der Waals surface area (Å²) in [7, 11) is 0. The molecule has 160 valence electrons. The summed E-state index contributed by atoms with van der Waals surface area (Å²) in [5.74, 6) is 0.473. The van der Waals surface area contributed by atoms with Gasteiger partial charge in [0.1, 0.15) is 11.8 Å². The molecule has 1 aromatic heterocycles. The largest absolute Gasteiger partial charge is 0.440 e. The summed E-state index contributed by atoms with van der Waals surface area (Å²) in [6.07, 6.45) is 5.04. The lowest BCUT2D eigenvalue weighted by Crippen LogP contribution is -2.48. The minimum absolute atomic E-state index is 0.127. The number of hydrazone groups is 1. The van der Waals surface area contributed by atoms with Gasteiger partial charge in [0.2, 0.25) is 0 Å². The van der Waals surface area contributed by atoms with Gasteiger partial charge in [-0.25, -0.2) is 5.43 Å². The lowest BCUT2D eigenvalue weighted by atomic mass is 10.0. The minimum atomic E-state index is -0.742. The maximum Gasteiger partial charge on any atom is 0.262 e. The third-order valence-electron chi connectivity index (χ3n) is 4.97. The zero-order valence-electron chi connectivity index (χ0n) is 17.2. The van der Waals surface area contributed by atoms with Crippen LogP contribution < -0.4 is 15.6 Å². The molecule has 1 aliphatic heterocycles. The van der Waals surface area contributed by atoms with Gasteiger partial charge in [0, 0.05) is 29.7 Å². The Morgan fingerprint density at radius 1 is 1.17 bits per heavy atom. The third-order valence-corrected chi connectivity index (χ3v) is 5.20. The van der Waals surface area contributed by atoms with Crippen molar-refractivity contribution in [2.75, 3.05) is 18.0 Å². The molecule has 1 aromatic carbocycles. The molecule has 1 saturated heterocycles. The summed E-state index contributed by atoms with van der Waals surface area (Å²) in [6, 6.07) is 9.57. The molecule has 8 heteroatoms. The Morgan fingerprint density at radius 2 is 1.93 bits per heavy atom. The third kappa shape index (κ3) is 5.86. The Kier molecular flexibility index (Phi) is 7.52. The molecule has 30 heavy (non-hydrogen) atoms. The van der Waals surface area contributed by atoms with Crippen LogP contribution in [0.2, 0.25) is 5.02 Å². The van der Waals surface area contributed by atoms with Gasteiger partial charge in [-0.1, -0.05) is 31.5 Å². The first kappa shape index (κ1) is 21.9. The molecule has 1 fully saturated rings. The second-order valence-electron chi connectivity index (χ2n) is 7.66. The number of halogens is 1. The molecule has 0 aliphatic carbocycles. The van der Waals surface area contributed by atoms with E-state index in [4.69, 9.17) is 16.0 Å². The molecule has 1 aliphatic rings. The number of furan rings is 1. The molecule has 2 amide bonds. The van der Waals surface area contributed by atoms with E-state index in [0.29, 0.717) is 16.3 Å². The number of carbonyl (C=O) groups is 2. The van der Waals surface area contributed by atoms with Crippen molar-refractivity contribution in [2.45, 2.75) is 39.2 Å². The zero-order valence-corrected chi connectivity index (χ0v) is 18.0. The van der Waals surface area contributed by atoms with E-state index >= 15 is 0 Å². The van der Waals surface area contributed by atoms with E-state index in [1.807, 2.05) is 26.0 Å². The van der Waals surface area contributed by atoms with E-state index in [0.717, 1.165) is 31.8 Å². The van der Waals surface area contributed by atoms with E-state index in [1.165, 1.54) is 12.6 Å². The Balaban J connectivity index is 1.57. The van der Waals surface area contributed by atoms with Crippen LogP contribution in [0.4, 0.5) is 5.88 Å². The van der Waals surface area contributed by atoms with E-state index in [2.05, 4.69) is 20.7 Å². The smallest absolute Gasteiger partial charge is 0.262 e. The summed E-state index contributed by atoms with van der Waals surface area (Å²) in [6.45, 7) is 5.68. The quantitative estimate of drug-likeness (QED) is 0.516. The molecule has 0 saturated carbocycles. The van der Waals surface area contributed by atoms with Crippen molar-refractivity contribution in [2.24, 2.45) is 11.0 Å². The van der Waals surface area contributed by atoms with Gasteiger partial charge in [0.05, 0.1) is 6.21 Å². The van der Waals surface area contributed by atoms with Crippen LogP contribution in [0.3, 0.4) is 0 Å². The highest BCUT2D eigenvalue weighted by molar-refractivity contribution is 6.31. The van der Waals surface area contributed by atoms with Crippen LogP contribution in [0.25, 0.3) is 0 Å². The fraction of sp³-hybridized carbons (Fsp3) is 0.409. The number of nitrogens with one attached hydrogen (secondary N) is 2. The first-order valence-electron chi connectivity index (χ1n) is 10.2. The molecular weight excluding hydrogens is 404 g/mol. The van der Waals surface area contributed by atoms with Crippen molar-refractivity contribution >= 4 is 35.5 Å². The summed E-state index contributed by atoms with van der Waals surface area (Å²) in [5, 5.41) is 7.19. The van der Waals surface area contributed by atoms with E-state index in [-0.39, 0.29) is 11.8 Å². The van der Waals surface area contributed by atoms with Crippen molar-refractivity contribution in [3.8, 4) is 0 Å². The zero-order chi connectivity index (χ0) is 21.5. The number of piperidine rings is 1. The number of anilines is 1. The summed E-state index contributed by atoms with van der Waals surface area (Å²) in [4.78, 5) is 27.2. The van der Waals surface area contributed by atoms with Gasteiger partial charge in [0.15, 0.2) is 5.88 Å². The van der Waals surface area contributed by atoms with Crippen molar-refractivity contribution in [3.05, 3.63) is 52.7 Å². The van der Waals surface area contributed by atoms with Crippen molar-refractivity contribution in [1.82, 2.24) is 10.7 Å². The molecule has 0 spiro atoms. The van der Waals surface area contributed by atoms with Gasteiger partial charge in [-0.15, -0.1) is 0 Å². The molecule has 2 N–H and O–H groups in total. The highest BCUT2D eigenvalue weighted by atomic mass is 35.5. The Morgan fingerprint density at radius 3 is 2.63 bits per heavy atom. The highest BCUT2D eigenvalue weighted by Gasteiger charge is 2.24. The maximum absolute atomic E-state index is 12.6. The standard InChI is InChI=1S/C22H27ClN4O3/c1-15(2)20(25-21(28)16-7-6-8-17(23)13-16)22(29)26-24-14-18-9-10-19(30-18)27-11-4-3-5-12-27/h6-10,13-15,20H,3-5,11-12H2,1-2H3,(H,25,28)(H,26,29)/b24-14-. The number of benzene rings is 1. The molecule has 2 aromatic rings. The van der Waals surface area contributed by atoms with Crippen molar-refractivity contribution < 1.29 is 14.0 Å². The van der Waals surface area contributed by atoms with E-state index in [1.54, 1.807) is 24.3 Å². The minimum Gasteiger partial charge on any atom is -0.440 e. The van der Waals surface area contributed by atoms with Crippen molar-refractivity contribution in [3.63, 3.8) is 0 Å². The molecule has 1 atom stereocenters. The molecule has 2 heterocycles. The summed E-state index contributed by atoms with van der Waals surface area (Å²) >= 11 is 5.94. The van der Waals surface area contributed by atoms with Gasteiger partial charge in [-0.3, -0.25) is 9.59 Å². The first-order valence-corrected chi connectivity index (χ1v) is 10.6. The summed E-state index contributed by atoms with van der Waals surface area (Å²) < 4.78 is 5.79. The topological polar surface area (TPSA) is 86.9 Å². The van der Waals surface area contributed by atoms with Crippen LogP contribution in [-0.2, 0) is 4.79 Å². The van der Waals surface area contributed by atoms with Gasteiger partial charge < -0.3 is 14.6 Å². The van der Waals surface area contributed by atoms with Crippen LogP contribution in [0.5, 0.6) is 0 Å². The lowest BCUT2D eigenvalue weighted by molar-refractivity contribution is -0.123. The second-order valence-corrected chi connectivity index (χ2v) is 8.10. The fourth-order valence-corrected chi connectivity index (χ4v) is 3.50. The van der Waals surface area contributed by atoms with E-state index in [9.17, 15) is 9.59 Å². The summed E-state index contributed by atoms with van der Waals surface area (Å²) in [5.41, 5.74) is 2.88. The first-order chi connectivity index (χ1) is 14.4. The van der Waals surface area contributed by atoms with Gasteiger partial charge in [-0.2, -0.15) is 5.10 Å². The van der Waals surface area contributed by atoms with Crippen LogP contribution in [0.1, 0.15) is 49.2 Å². The van der Waals surface area contributed by atoms with Gasteiger partial charge in [-0.05, 0) is 49.4 Å². The highest BCUT2D eigenvalue weighted by Crippen LogP contribution is 2.21. The normalized spacial score (nSPS) is 15.4. The molecule has 0 bridgehead atoms. The van der Waals surface area contributed by atoms with Crippen molar-refractivity contribution in [1.29, 1.82) is 0 Å².